The maximum absolute atomic E-state index is 11.4. The standard InChI is InChI=1S/C13H17Cl2NO/c1-9(2)8-13(17)16-7-6-10-11(14)4-3-5-12(10)15/h3-5,9H,6-8H2,1-2H3,(H,16,17). The molecule has 1 aromatic carbocycles. The molecule has 17 heavy (non-hydrogen) atoms. The third kappa shape index (κ3) is 4.97. The highest BCUT2D eigenvalue weighted by molar-refractivity contribution is 6.35. The summed E-state index contributed by atoms with van der Waals surface area (Å²) in [5.41, 5.74) is 0.890. The van der Waals surface area contributed by atoms with Gasteiger partial charge in [-0.1, -0.05) is 43.1 Å². The smallest absolute Gasteiger partial charge is 0.220 e. The normalized spacial score (nSPS) is 10.6. The van der Waals surface area contributed by atoms with E-state index in [-0.39, 0.29) is 5.91 Å². The highest BCUT2D eigenvalue weighted by Gasteiger charge is 2.07. The fourth-order valence-corrected chi connectivity index (χ4v) is 2.13. The van der Waals surface area contributed by atoms with E-state index in [1.54, 1.807) is 12.1 Å². The number of halogens is 2. The predicted molar refractivity (Wildman–Crippen MR) is 72.6 cm³/mol. The van der Waals surface area contributed by atoms with E-state index in [2.05, 4.69) is 5.32 Å². The fourth-order valence-electron chi connectivity index (χ4n) is 1.54. The van der Waals surface area contributed by atoms with Gasteiger partial charge in [0, 0.05) is 23.0 Å². The molecule has 0 aliphatic rings. The average molecular weight is 274 g/mol. The Hall–Kier alpha value is -0.730. The SMILES string of the molecule is CC(C)CC(=O)NCCc1c(Cl)cccc1Cl. The molecule has 1 N–H and O–H groups in total. The minimum atomic E-state index is 0.0724. The van der Waals surface area contributed by atoms with Gasteiger partial charge in [0.1, 0.15) is 0 Å². The first-order chi connectivity index (χ1) is 8.00. The van der Waals surface area contributed by atoms with E-state index in [1.807, 2.05) is 19.9 Å². The van der Waals surface area contributed by atoms with Gasteiger partial charge >= 0.3 is 0 Å². The summed E-state index contributed by atoms with van der Waals surface area (Å²) >= 11 is 12.1. The van der Waals surface area contributed by atoms with Crippen LogP contribution >= 0.6 is 23.2 Å². The number of nitrogens with one attached hydrogen (secondary N) is 1. The lowest BCUT2D eigenvalue weighted by Gasteiger charge is -2.09. The van der Waals surface area contributed by atoms with Crippen LogP contribution in [0.3, 0.4) is 0 Å². The van der Waals surface area contributed by atoms with Crippen molar-refractivity contribution in [2.75, 3.05) is 6.54 Å². The number of hydrogen-bond acceptors (Lipinski definition) is 1. The minimum absolute atomic E-state index is 0.0724. The van der Waals surface area contributed by atoms with E-state index in [0.717, 1.165) is 5.56 Å². The Morgan fingerprint density at radius 1 is 1.29 bits per heavy atom. The molecule has 0 fully saturated rings. The molecule has 1 rings (SSSR count). The molecule has 0 atom stereocenters. The van der Waals surface area contributed by atoms with Gasteiger partial charge in [0.05, 0.1) is 0 Å². The highest BCUT2D eigenvalue weighted by Crippen LogP contribution is 2.24. The molecular weight excluding hydrogens is 257 g/mol. The summed E-state index contributed by atoms with van der Waals surface area (Å²) in [6, 6.07) is 5.42. The highest BCUT2D eigenvalue weighted by atomic mass is 35.5. The first-order valence-electron chi connectivity index (χ1n) is 5.70. The molecule has 2 nitrogen and oxygen atoms in total. The van der Waals surface area contributed by atoms with Crippen LogP contribution in [-0.2, 0) is 11.2 Å². The van der Waals surface area contributed by atoms with Gasteiger partial charge in [-0.25, -0.2) is 0 Å². The van der Waals surface area contributed by atoms with Crippen LogP contribution in [-0.4, -0.2) is 12.5 Å². The average Bonchev–Trinajstić information content (AvgIpc) is 2.21. The van der Waals surface area contributed by atoms with E-state index < -0.39 is 0 Å². The van der Waals surface area contributed by atoms with Crippen molar-refractivity contribution >= 4 is 29.1 Å². The van der Waals surface area contributed by atoms with E-state index in [0.29, 0.717) is 35.3 Å². The Bertz CT molecular complexity index is 371. The second kappa shape index (κ2) is 6.87. The lowest BCUT2D eigenvalue weighted by molar-refractivity contribution is -0.121. The Balaban J connectivity index is 2.43. The summed E-state index contributed by atoms with van der Waals surface area (Å²) in [6.07, 6.45) is 1.21. The molecule has 0 heterocycles. The van der Waals surface area contributed by atoms with Crippen LogP contribution in [0.2, 0.25) is 10.0 Å². The maximum atomic E-state index is 11.4. The van der Waals surface area contributed by atoms with Crippen LogP contribution in [0.15, 0.2) is 18.2 Å². The van der Waals surface area contributed by atoms with Gasteiger partial charge in [-0.2, -0.15) is 0 Å². The van der Waals surface area contributed by atoms with E-state index in [4.69, 9.17) is 23.2 Å². The monoisotopic (exact) mass is 273 g/mol. The Kier molecular flexibility index (Phi) is 5.79. The molecule has 0 saturated carbocycles. The Labute approximate surface area is 112 Å². The third-order valence-electron chi connectivity index (χ3n) is 2.35. The molecule has 0 unspecified atom stereocenters. The molecule has 0 bridgehead atoms. The fraction of sp³-hybridized carbons (Fsp3) is 0.462. The summed E-state index contributed by atoms with van der Waals surface area (Å²) in [7, 11) is 0. The summed E-state index contributed by atoms with van der Waals surface area (Å²) in [4.78, 5) is 11.4. The summed E-state index contributed by atoms with van der Waals surface area (Å²) < 4.78 is 0. The molecule has 4 heteroatoms. The number of amides is 1. The maximum Gasteiger partial charge on any atom is 0.220 e. The van der Waals surface area contributed by atoms with Crippen LogP contribution in [0.4, 0.5) is 0 Å². The summed E-state index contributed by atoms with van der Waals surface area (Å²) in [5.74, 6) is 0.446. The van der Waals surface area contributed by atoms with Crippen molar-refractivity contribution < 1.29 is 4.79 Å². The van der Waals surface area contributed by atoms with Crippen molar-refractivity contribution in [2.45, 2.75) is 26.7 Å². The van der Waals surface area contributed by atoms with E-state index >= 15 is 0 Å². The molecular formula is C13H17Cl2NO. The van der Waals surface area contributed by atoms with Crippen molar-refractivity contribution in [1.82, 2.24) is 5.32 Å². The lowest BCUT2D eigenvalue weighted by atomic mass is 10.1. The first-order valence-corrected chi connectivity index (χ1v) is 6.46. The summed E-state index contributed by atoms with van der Waals surface area (Å²) in [5, 5.41) is 4.16. The van der Waals surface area contributed by atoms with Gasteiger partial charge < -0.3 is 5.32 Å². The topological polar surface area (TPSA) is 29.1 Å². The van der Waals surface area contributed by atoms with Crippen LogP contribution in [0.1, 0.15) is 25.8 Å². The van der Waals surface area contributed by atoms with Crippen LogP contribution in [0.25, 0.3) is 0 Å². The molecule has 0 spiro atoms. The number of rotatable bonds is 5. The number of benzene rings is 1. The van der Waals surface area contributed by atoms with Crippen molar-refractivity contribution in [3.63, 3.8) is 0 Å². The molecule has 0 radical (unpaired) electrons. The van der Waals surface area contributed by atoms with E-state index in [1.165, 1.54) is 0 Å². The van der Waals surface area contributed by atoms with Crippen molar-refractivity contribution in [2.24, 2.45) is 5.92 Å². The zero-order valence-electron chi connectivity index (χ0n) is 10.1. The van der Waals surface area contributed by atoms with Crippen LogP contribution < -0.4 is 5.32 Å². The first kappa shape index (κ1) is 14.3. The molecule has 1 aromatic rings. The van der Waals surface area contributed by atoms with E-state index in [9.17, 15) is 4.79 Å². The zero-order chi connectivity index (χ0) is 12.8. The van der Waals surface area contributed by atoms with Crippen LogP contribution in [0.5, 0.6) is 0 Å². The van der Waals surface area contributed by atoms with Gasteiger partial charge in [0.25, 0.3) is 0 Å². The molecule has 0 aliphatic heterocycles. The molecule has 0 saturated heterocycles. The molecule has 0 aromatic heterocycles. The largest absolute Gasteiger partial charge is 0.356 e. The van der Waals surface area contributed by atoms with Gasteiger partial charge in [-0.15, -0.1) is 0 Å². The Morgan fingerprint density at radius 2 is 1.88 bits per heavy atom. The Morgan fingerprint density at radius 3 is 2.41 bits per heavy atom. The molecule has 94 valence electrons. The zero-order valence-corrected chi connectivity index (χ0v) is 11.6. The summed E-state index contributed by atoms with van der Waals surface area (Å²) in [6.45, 7) is 4.60. The minimum Gasteiger partial charge on any atom is -0.356 e. The third-order valence-corrected chi connectivity index (χ3v) is 3.06. The van der Waals surface area contributed by atoms with Gasteiger partial charge in [-0.05, 0) is 30.0 Å². The van der Waals surface area contributed by atoms with Crippen molar-refractivity contribution in [3.8, 4) is 0 Å². The van der Waals surface area contributed by atoms with Gasteiger partial charge in [0.15, 0.2) is 0 Å². The quantitative estimate of drug-likeness (QED) is 0.871. The van der Waals surface area contributed by atoms with Crippen molar-refractivity contribution in [1.29, 1.82) is 0 Å². The number of carbonyl (C=O) groups excluding carboxylic acids is 1. The number of hydrogen-bond donors (Lipinski definition) is 1. The number of carbonyl (C=O) groups is 1. The van der Waals surface area contributed by atoms with Crippen molar-refractivity contribution in [3.05, 3.63) is 33.8 Å². The molecule has 1 amide bonds. The second-order valence-corrected chi connectivity index (χ2v) is 5.21. The second-order valence-electron chi connectivity index (χ2n) is 4.40. The van der Waals surface area contributed by atoms with Crippen LogP contribution in [0, 0.1) is 5.92 Å². The van der Waals surface area contributed by atoms with Gasteiger partial charge in [-0.3, -0.25) is 4.79 Å². The predicted octanol–water partition coefficient (Wildman–Crippen LogP) is 3.70. The lowest BCUT2D eigenvalue weighted by Crippen LogP contribution is -2.26. The van der Waals surface area contributed by atoms with Gasteiger partial charge in [0.2, 0.25) is 5.91 Å². The molecule has 0 aliphatic carbocycles.